The van der Waals surface area contributed by atoms with E-state index < -0.39 is 5.97 Å². The fraction of sp³-hybridized carbons (Fsp3) is 0.250. The number of anilines is 1. The minimum absolute atomic E-state index is 0.619. The van der Waals surface area contributed by atoms with Gasteiger partial charge >= 0.3 is 5.97 Å². The van der Waals surface area contributed by atoms with Crippen LogP contribution in [0.15, 0.2) is 24.3 Å². The highest BCUT2D eigenvalue weighted by Gasteiger charge is 2.13. The normalized spacial score (nSPS) is 11.0. The number of hydrogen-bond acceptors (Lipinski definition) is 4. The lowest BCUT2D eigenvalue weighted by atomic mass is 10.0. The molecule has 0 aliphatic carbocycles. The number of carbonyl (C=O) groups is 1. The van der Waals surface area contributed by atoms with Crippen LogP contribution in [-0.2, 0) is 4.79 Å². The van der Waals surface area contributed by atoms with Crippen LogP contribution in [0.1, 0.15) is 11.3 Å². The molecule has 0 unspecified atom stereocenters. The first-order valence-electron chi connectivity index (χ1n) is 6.50. The van der Waals surface area contributed by atoms with Crippen molar-refractivity contribution in [2.75, 3.05) is 26.1 Å². The van der Waals surface area contributed by atoms with Gasteiger partial charge in [-0.1, -0.05) is 0 Å². The Balaban J connectivity index is 2.86. The fourth-order valence-corrected chi connectivity index (χ4v) is 2.29. The first-order valence-corrected chi connectivity index (χ1v) is 6.50. The van der Waals surface area contributed by atoms with Gasteiger partial charge in [0.15, 0.2) is 0 Å². The van der Waals surface area contributed by atoms with Gasteiger partial charge in [0.05, 0.1) is 12.6 Å². The van der Waals surface area contributed by atoms with E-state index in [-0.39, 0.29) is 0 Å². The number of carboxylic acids is 1. The number of aromatic nitrogens is 1. The van der Waals surface area contributed by atoms with Gasteiger partial charge in [0.2, 0.25) is 0 Å². The Bertz CT molecular complexity index is 721. The molecule has 5 heteroatoms. The molecule has 2 rings (SSSR count). The predicted molar refractivity (Wildman–Crippen MR) is 84.0 cm³/mol. The van der Waals surface area contributed by atoms with Gasteiger partial charge in [-0.05, 0) is 31.2 Å². The van der Waals surface area contributed by atoms with Gasteiger partial charge in [-0.2, -0.15) is 0 Å². The van der Waals surface area contributed by atoms with Crippen molar-refractivity contribution in [1.29, 1.82) is 0 Å². The van der Waals surface area contributed by atoms with Crippen LogP contribution in [0, 0.1) is 6.92 Å². The van der Waals surface area contributed by atoms with Gasteiger partial charge in [-0.15, -0.1) is 0 Å². The van der Waals surface area contributed by atoms with Crippen LogP contribution in [0.4, 0.5) is 5.69 Å². The Morgan fingerprint density at radius 3 is 2.67 bits per heavy atom. The molecule has 0 atom stereocenters. The highest BCUT2D eigenvalue weighted by molar-refractivity contribution is 6.02. The van der Waals surface area contributed by atoms with Crippen LogP contribution in [0.3, 0.4) is 0 Å². The van der Waals surface area contributed by atoms with Crippen molar-refractivity contribution in [2.24, 2.45) is 0 Å². The van der Waals surface area contributed by atoms with E-state index in [1.54, 1.807) is 19.3 Å². The zero-order valence-corrected chi connectivity index (χ0v) is 12.5. The largest absolute Gasteiger partial charge is 0.496 e. The third-order valence-corrected chi connectivity index (χ3v) is 3.18. The van der Waals surface area contributed by atoms with Crippen molar-refractivity contribution in [3.8, 4) is 5.75 Å². The number of pyridine rings is 1. The lowest BCUT2D eigenvalue weighted by Crippen LogP contribution is -2.10. The van der Waals surface area contributed by atoms with E-state index in [9.17, 15) is 4.79 Å². The third-order valence-electron chi connectivity index (χ3n) is 3.18. The second-order valence-electron chi connectivity index (χ2n) is 4.92. The Kier molecular flexibility index (Phi) is 4.12. The van der Waals surface area contributed by atoms with Crippen LogP contribution in [0.2, 0.25) is 0 Å². The van der Waals surface area contributed by atoms with Crippen molar-refractivity contribution >= 4 is 28.6 Å². The fourth-order valence-electron chi connectivity index (χ4n) is 2.29. The van der Waals surface area contributed by atoms with Crippen molar-refractivity contribution in [3.05, 3.63) is 35.5 Å². The molecule has 0 spiro atoms. The monoisotopic (exact) mass is 286 g/mol. The van der Waals surface area contributed by atoms with E-state index in [1.165, 1.54) is 0 Å². The molecular formula is C16H18N2O3. The number of carboxylic acid groups (broad SMARTS) is 1. The summed E-state index contributed by atoms with van der Waals surface area (Å²) >= 11 is 0. The number of methoxy groups -OCH3 is 1. The van der Waals surface area contributed by atoms with Gasteiger partial charge < -0.3 is 14.7 Å². The van der Waals surface area contributed by atoms with E-state index in [1.807, 2.05) is 38.1 Å². The van der Waals surface area contributed by atoms with Crippen molar-refractivity contribution in [3.63, 3.8) is 0 Å². The Hall–Kier alpha value is -2.56. The number of rotatable bonds is 4. The summed E-state index contributed by atoms with van der Waals surface area (Å²) in [4.78, 5) is 17.3. The molecule has 0 amide bonds. The van der Waals surface area contributed by atoms with E-state index in [2.05, 4.69) is 4.98 Å². The topological polar surface area (TPSA) is 62.7 Å². The van der Waals surface area contributed by atoms with Gasteiger partial charge in [0.1, 0.15) is 5.75 Å². The lowest BCUT2D eigenvalue weighted by Gasteiger charge is -2.19. The molecule has 110 valence electrons. The number of aryl methyl sites for hydroxylation is 1. The van der Waals surface area contributed by atoms with Crippen molar-refractivity contribution in [1.82, 2.24) is 4.98 Å². The molecule has 2 aromatic rings. The summed E-state index contributed by atoms with van der Waals surface area (Å²) in [5.41, 5.74) is 3.41. The van der Waals surface area contributed by atoms with Crippen molar-refractivity contribution < 1.29 is 14.6 Å². The molecule has 1 aromatic carbocycles. The maximum atomic E-state index is 10.8. The van der Waals surface area contributed by atoms with E-state index in [0.717, 1.165) is 28.4 Å². The second kappa shape index (κ2) is 5.83. The molecule has 0 aliphatic rings. The average molecular weight is 286 g/mol. The third kappa shape index (κ3) is 2.97. The van der Waals surface area contributed by atoms with Crippen LogP contribution >= 0.6 is 0 Å². The molecule has 0 saturated carbocycles. The number of hydrogen-bond donors (Lipinski definition) is 1. The summed E-state index contributed by atoms with van der Waals surface area (Å²) in [6, 6.07) is 5.65. The average Bonchev–Trinajstić information content (AvgIpc) is 2.43. The highest BCUT2D eigenvalue weighted by Crippen LogP contribution is 2.35. The number of fused-ring (bicyclic) bond motifs is 1. The van der Waals surface area contributed by atoms with Gasteiger partial charge in [0.25, 0.3) is 0 Å². The molecule has 1 aromatic heterocycles. The van der Waals surface area contributed by atoms with E-state index >= 15 is 0 Å². The number of nitrogens with zero attached hydrogens (tertiary/aromatic N) is 2. The lowest BCUT2D eigenvalue weighted by molar-refractivity contribution is -0.131. The molecule has 1 N–H and O–H groups in total. The van der Waals surface area contributed by atoms with Crippen LogP contribution < -0.4 is 9.64 Å². The van der Waals surface area contributed by atoms with Gasteiger partial charge in [-0.3, -0.25) is 4.98 Å². The number of aliphatic carboxylic acids is 1. The van der Waals surface area contributed by atoms with Crippen molar-refractivity contribution in [2.45, 2.75) is 6.92 Å². The number of benzene rings is 1. The Labute approximate surface area is 123 Å². The second-order valence-corrected chi connectivity index (χ2v) is 4.92. The molecule has 0 radical (unpaired) electrons. The SMILES string of the molecule is COc1ccc2nc(C)cc(N(C)C)c2c1/C=C/C(=O)O. The molecular weight excluding hydrogens is 268 g/mol. The summed E-state index contributed by atoms with van der Waals surface area (Å²) in [5, 5.41) is 9.76. The predicted octanol–water partition coefficient (Wildman–Crippen LogP) is 2.72. The smallest absolute Gasteiger partial charge is 0.328 e. The molecule has 0 saturated heterocycles. The molecule has 1 heterocycles. The zero-order valence-electron chi connectivity index (χ0n) is 12.5. The molecule has 0 aliphatic heterocycles. The summed E-state index contributed by atoms with van der Waals surface area (Å²) in [6.07, 6.45) is 2.66. The molecule has 21 heavy (non-hydrogen) atoms. The molecule has 0 fully saturated rings. The van der Waals surface area contributed by atoms with E-state index in [0.29, 0.717) is 11.3 Å². The summed E-state index contributed by atoms with van der Waals surface area (Å²) in [7, 11) is 5.45. The number of ether oxygens (including phenoxy) is 1. The highest BCUT2D eigenvalue weighted by atomic mass is 16.5. The van der Waals surface area contributed by atoms with Crippen LogP contribution in [-0.4, -0.2) is 37.3 Å². The maximum Gasteiger partial charge on any atom is 0.328 e. The first kappa shape index (κ1) is 14.8. The van der Waals surface area contributed by atoms with Crippen LogP contribution in [0.5, 0.6) is 5.75 Å². The minimum Gasteiger partial charge on any atom is -0.496 e. The zero-order chi connectivity index (χ0) is 15.6. The van der Waals surface area contributed by atoms with Crippen LogP contribution in [0.25, 0.3) is 17.0 Å². The quantitative estimate of drug-likeness (QED) is 0.876. The summed E-state index contributed by atoms with van der Waals surface area (Å²) in [5.74, 6) is -0.380. The Morgan fingerprint density at radius 2 is 2.10 bits per heavy atom. The van der Waals surface area contributed by atoms with Gasteiger partial charge in [0, 0.05) is 42.5 Å². The molecule has 5 nitrogen and oxygen atoms in total. The Morgan fingerprint density at radius 1 is 1.38 bits per heavy atom. The summed E-state index contributed by atoms with van der Waals surface area (Å²) < 4.78 is 5.36. The standard InChI is InChI=1S/C16H18N2O3/c1-10-9-13(18(2)3)16-11(5-8-15(19)20)14(21-4)7-6-12(16)17-10/h5-9H,1-4H3,(H,19,20)/b8-5+. The van der Waals surface area contributed by atoms with E-state index in [4.69, 9.17) is 9.84 Å². The van der Waals surface area contributed by atoms with Gasteiger partial charge in [-0.25, -0.2) is 4.79 Å². The summed E-state index contributed by atoms with van der Waals surface area (Å²) in [6.45, 7) is 1.93. The first-order chi connectivity index (χ1) is 9.93. The molecule has 0 bridgehead atoms. The minimum atomic E-state index is -1.000. The maximum absolute atomic E-state index is 10.8.